The van der Waals surface area contributed by atoms with E-state index in [4.69, 9.17) is 4.74 Å². The number of hydrogen-bond donors (Lipinski definition) is 0. The van der Waals surface area contributed by atoms with Crippen molar-refractivity contribution >= 4 is 34.3 Å². The molecule has 2 aromatic heterocycles. The van der Waals surface area contributed by atoms with Crippen LogP contribution in [0.5, 0.6) is 0 Å². The van der Waals surface area contributed by atoms with Gasteiger partial charge >= 0.3 is 5.97 Å². The summed E-state index contributed by atoms with van der Waals surface area (Å²) in [5, 5.41) is 5.22. The zero-order valence-electron chi connectivity index (χ0n) is 21.0. The Morgan fingerprint density at radius 3 is 2.66 bits per heavy atom. The number of hydrogen-bond acceptors (Lipinski definition) is 5. The maximum absolute atomic E-state index is 13.1. The summed E-state index contributed by atoms with van der Waals surface area (Å²) in [7, 11) is 4.03. The van der Waals surface area contributed by atoms with Crippen LogP contribution in [0.2, 0.25) is 0 Å². The van der Waals surface area contributed by atoms with E-state index in [1.807, 2.05) is 67.9 Å². The highest BCUT2D eigenvalue weighted by atomic mass is 16.5. The topological polar surface area (TPSA) is 68.8 Å². The van der Waals surface area contributed by atoms with Gasteiger partial charge in [-0.3, -0.25) is 4.79 Å². The zero-order chi connectivity index (χ0) is 25.1. The lowest BCUT2D eigenvalue weighted by atomic mass is 9.79. The molecule has 2 aromatic carbocycles. The van der Waals surface area contributed by atoms with E-state index >= 15 is 0 Å². The fourth-order valence-corrected chi connectivity index (χ4v) is 5.41. The predicted octanol–water partition coefficient (Wildman–Crippen LogP) is 4.48. The van der Waals surface area contributed by atoms with E-state index in [1.165, 1.54) is 4.52 Å². The highest BCUT2D eigenvalue weighted by molar-refractivity contribution is 5.91. The van der Waals surface area contributed by atoms with Gasteiger partial charge in [-0.2, -0.15) is 9.61 Å². The van der Waals surface area contributed by atoms with Crippen molar-refractivity contribution in [3.05, 3.63) is 81.3 Å². The molecule has 1 unspecified atom stereocenters. The Hall–Kier alpha value is -3.87. The zero-order valence-corrected chi connectivity index (χ0v) is 21.0. The number of ether oxygens (including phenoxy) is 1. The third kappa shape index (κ3) is 3.37. The number of nitrogens with zero attached hydrogens (tertiary/aromatic N) is 4. The smallest absolute Gasteiger partial charge is 0.338 e. The summed E-state index contributed by atoms with van der Waals surface area (Å²) in [6, 6.07) is 13.4. The van der Waals surface area contributed by atoms with Crippen LogP contribution in [0.15, 0.2) is 53.3 Å². The van der Waals surface area contributed by atoms with E-state index in [9.17, 15) is 9.59 Å². The van der Waals surface area contributed by atoms with Crippen LogP contribution in [0.4, 0.5) is 5.69 Å². The number of benzene rings is 2. The molecule has 0 spiro atoms. The number of aryl methyl sites for hydroxylation is 2. The molecule has 1 aliphatic heterocycles. The summed E-state index contributed by atoms with van der Waals surface area (Å²) in [5.74, 6) is -0.303. The van der Waals surface area contributed by atoms with Gasteiger partial charge in [0.05, 0.1) is 34.8 Å². The fourth-order valence-electron chi connectivity index (χ4n) is 5.41. The molecule has 0 radical (unpaired) electrons. The molecule has 5 rings (SSSR count). The Morgan fingerprint density at radius 1 is 1.17 bits per heavy atom. The first-order chi connectivity index (χ1) is 16.7. The molecule has 1 aliphatic rings. The minimum absolute atomic E-state index is 0.0433. The third-order valence-corrected chi connectivity index (χ3v) is 7.27. The van der Waals surface area contributed by atoms with Crippen LogP contribution in [0, 0.1) is 6.92 Å². The van der Waals surface area contributed by atoms with Crippen LogP contribution >= 0.6 is 0 Å². The van der Waals surface area contributed by atoms with Crippen LogP contribution in [-0.4, -0.2) is 39.8 Å². The van der Waals surface area contributed by atoms with E-state index < -0.39 is 0 Å². The van der Waals surface area contributed by atoms with Gasteiger partial charge in [0, 0.05) is 30.8 Å². The SMILES string of the molecule is CCOC(=O)c1ccc2c(c1)C(C)(C)C(C=Cc1c(C)nn3c(=O)c4ccccc4n(C)c13)N2C. The number of anilines is 1. The van der Waals surface area contributed by atoms with E-state index in [0.717, 1.165) is 33.7 Å². The Morgan fingerprint density at radius 2 is 1.91 bits per heavy atom. The highest BCUT2D eigenvalue weighted by Crippen LogP contribution is 2.45. The van der Waals surface area contributed by atoms with Crippen LogP contribution < -0.4 is 10.5 Å². The summed E-state index contributed by atoms with van der Waals surface area (Å²) in [4.78, 5) is 27.7. The second-order valence-electron chi connectivity index (χ2n) is 9.70. The van der Waals surface area contributed by atoms with E-state index in [0.29, 0.717) is 17.6 Å². The van der Waals surface area contributed by atoms with Crippen LogP contribution in [0.3, 0.4) is 0 Å². The monoisotopic (exact) mass is 470 g/mol. The van der Waals surface area contributed by atoms with Crippen molar-refractivity contribution in [1.29, 1.82) is 0 Å². The van der Waals surface area contributed by atoms with E-state index in [-0.39, 0.29) is 23.0 Å². The number of aromatic nitrogens is 3. The average Bonchev–Trinajstić information content (AvgIpc) is 3.27. The highest BCUT2D eigenvalue weighted by Gasteiger charge is 2.42. The molecule has 0 aliphatic carbocycles. The molecule has 35 heavy (non-hydrogen) atoms. The number of likely N-dealkylation sites (N-methyl/N-ethyl adjacent to an activating group) is 1. The molecule has 0 saturated carbocycles. The third-order valence-electron chi connectivity index (χ3n) is 7.27. The van der Waals surface area contributed by atoms with Crippen molar-refractivity contribution in [2.24, 2.45) is 7.05 Å². The van der Waals surface area contributed by atoms with Gasteiger partial charge in [0.25, 0.3) is 5.56 Å². The summed E-state index contributed by atoms with van der Waals surface area (Å²) in [5.41, 5.74) is 5.75. The van der Waals surface area contributed by atoms with Gasteiger partial charge < -0.3 is 14.2 Å². The lowest BCUT2D eigenvalue weighted by Gasteiger charge is -2.29. The van der Waals surface area contributed by atoms with Crippen molar-refractivity contribution in [2.75, 3.05) is 18.6 Å². The first kappa shape index (κ1) is 22.9. The number of fused-ring (bicyclic) bond motifs is 3. The number of para-hydroxylation sites is 1. The molecule has 0 N–H and O–H groups in total. The largest absolute Gasteiger partial charge is 0.462 e. The van der Waals surface area contributed by atoms with Crippen molar-refractivity contribution in [1.82, 2.24) is 14.2 Å². The van der Waals surface area contributed by atoms with Gasteiger partial charge in [0.1, 0.15) is 5.65 Å². The van der Waals surface area contributed by atoms with Gasteiger partial charge in [-0.1, -0.05) is 38.1 Å². The standard InChI is InChI=1S/C28H30N4O3/c1-7-35-27(34)18-12-14-23-21(16-18)28(3,4)24(30(23)5)15-13-19-17(2)29-32-25(19)31(6)22-11-9-8-10-20(22)26(32)33/h8-16,24H,7H2,1-6H3. The number of carbonyl (C=O) groups excluding carboxylic acids is 1. The van der Waals surface area contributed by atoms with E-state index in [2.05, 4.69) is 43.0 Å². The molecule has 0 bridgehead atoms. The number of esters is 1. The minimum atomic E-state index is -0.303. The Labute approximate surface area is 204 Å². The Kier molecular flexibility index (Phi) is 5.31. The Balaban J connectivity index is 1.59. The lowest BCUT2D eigenvalue weighted by molar-refractivity contribution is 0.0526. The predicted molar refractivity (Wildman–Crippen MR) is 139 cm³/mol. The molecule has 7 nitrogen and oxygen atoms in total. The fraction of sp³-hybridized carbons (Fsp3) is 0.321. The summed E-state index contributed by atoms with van der Waals surface area (Å²) < 4.78 is 8.74. The maximum Gasteiger partial charge on any atom is 0.338 e. The number of rotatable bonds is 4. The van der Waals surface area contributed by atoms with Crippen LogP contribution in [0.25, 0.3) is 22.6 Å². The van der Waals surface area contributed by atoms with Gasteiger partial charge in [-0.25, -0.2) is 4.79 Å². The van der Waals surface area contributed by atoms with E-state index in [1.54, 1.807) is 0 Å². The summed E-state index contributed by atoms with van der Waals surface area (Å²) in [6.07, 6.45) is 4.25. The van der Waals surface area contributed by atoms with Gasteiger partial charge in [0.15, 0.2) is 0 Å². The van der Waals surface area contributed by atoms with Crippen molar-refractivity contribution < 1.29 is 9.53 Å². The first-order valence-corrected chi connectivity index (χ1v) is 11.9. The van der Waals surface area contributed by atoms with Gasteiger partial charge in [-0.05, 0) is 49.7 Å². The minimum Gasteiger partial charge on any atom is -0.462 e. The Bertz CT molecular complexity index is 1570. The quantitative estimate of drug-likeness (QED) is 0.412. The number of carbonyl (C=O) groups is 1. The van der Waals surface area contributed by atoms with Crippen LogP contribution in [0.1, 0.15) is 48.0 Å². The molecular weight excluding hydrogens is 440 g/mol. The molecule has 3 heterocycles. The normalized spacial score (nSPS) is 17.0. The average molecular weight is 471 g/mol. The molecule has 4 aromatic rings. The maximum atomic E-state index is 13.1. The second kappa shape index (κ2) is 8.12. The molecule has 1 atom stereocenters. The first-order valence-electron chi connectivity index (χ1n) is 11.9. The molecule has 0 amide bonds. The summed E-state index contributed by atoms with van der Waals surface area (Å²) in [6.45, 7) is 8.46. The van der Waals surface area contributed by atoms with Crippen molar-refractivity contribution in [3.8, 4) is 0 Å². The van der Waals surface area contributed by atoms with Crippen LogP contribution in [-0.2, 0) is 17.2 Å². The van der Waals surface area contributed by atoms with Crippen molar-refractivity contribution in [3.63, 3.8) is 0 Å². The lowest BCUT2D eigenvalue weighted by Crippen LogP contribution is -2.37. The molecule has 0 fully saturated rings. The molecular formula is C28H30N4O3. The second-order valence-corrected chi connectivity index (χ2v) is 9.70. The molecule has 180 valence electrons. The summed E-state index contributed by atoms with van der Waals surface area (Å²) >= 11 is 0. The van der Waals surface area contributed by atoms with Crippen molar-refractivity contribution in [2.45, 2.75) is 39.2 Å². The van der Waals surface area contributed by atoms with Gasteiger partial charge in [0.2, 0.25) is 0 Å². The van der Waals surface area contributed by atoms with Gasteiger partial charge in [-0.15, -0.1) is 0 Å². The molecule has 0 saturated heterocycles. The molecule has 7 heteroatoms.